The number of halogens is 1. The van der Waals surface area contributed by atoms with Crippen molar-refractivity contribution in [1.29, 1.82) is 0 Å². The Kier molecular flexibility index (Phi) is 3.59. The number of nitrogens with one attached hydrogen (secondary N) is 1. The minimum absolute atomic E-state index is 0.239. The van der Waals surface area contributed by atoms with E-state index < -0.39 is 10.8 Å². The maximum Gasteiger partial charge on any atom is 0.0439 e. The standard InChI is InChI=1S/C11H14BrNOS/c1-8-6-15(14)7-11(13-8)9-2-4-10(12)5-3-9/h2-5,8,11,13H,6-7H2,1H3. The molecule has 1 aliphatic heterocycles. The lowest BCUT2D eigenvalue weighted by Crippen LogP contribution is -2.43. The molecule has 1 aromatic rings. The second kappa shape index (κ2) is 4.76. The summed E-state index contributed by atoms with van der Waals surface area (Å²) in [5.74, 6) is 1.50. The van der Waals surface area contributed by atoms with Crippen molar-refractivity contribution in [2.45, 2.75) is 19.0 Å². The van der Waals surface area contributed by atoms with Crippen LogP contribution in [0.5, 0.6) is 0 Å². The third-order valence-corrected chi connectivity index (χ3v) is 4.65. The van der Waals surface area contributed by atoms with E-state index in [1.54, 1.807) is 0 Å². The zero-order chi connectivity index (χ0) is 10.8. The van der Waals surface area contributed by atoms with Gasteiger partial charge in [-0.3, -0.25) is 4.21 Å². The van der Waals surface area contributed by atoms with Gasteiger partial charge in [-0.2, -0.15) is 0 Å². The molecule has 1 saturated heterocycles. The Morgan fingerprint density at radius 2 is 2.00 bits per heavy atom. The Morgan fingerprint density at radius 1 is 1.33 bits per heavy atom. The quantitative estimate of drug-likeness (QED) is 0.858. The Morgan fingerprint density at radius 3 is 2.60 bits per heavy atom. The fraction of sp³-hybridized carbons (Fsp3) is 0.455. The van der Waals surface area contributed by atoms with Crippen LogP contribution in [0.15, 0.2) is 28.7 Å². The van der Waals surface area contributed by atoms with Crippen molar-refractivity contribution >= 4 is 26.7 Å². The third-order valence-electron chi connectivity index (χ3n) is 2.55. The SMILES string of the molecule is CC1CS(=O)CC(c2ccc(Br)cc2)N1. The molecule has 0 radical (unpaired) electrons. The van der Waals surface area contributed by atoms with E-state index in [-0.39, 0.29) is 6.04 Å². The second-order valence-electron chi connectivity index (χ2n) is 3.95. The summed E-state index contributed by atoms with van der Waals surface area (Å²) < 4.78 is 12.7. The van der Waals surface area contributed by atoms with Gasteiger partial charge in [0.1, 0.15) is 0 Å². The fourth-order valence-corrected chi connectivity index (χ4v) is 3.57. The van der Waals surface area contributed by atoms with E-state index in [0.29, 0.717) is 6.04 Å². The van der Waals surface area contributed by atoms with Gasteiger partial charge in [-0.05, 0) is 24.6 Å². The van der Waals surface area contributed by atoms with Crippen LogP contribution < -0.4 is 5.32 Å². The van der Waals surface area contributed by atoms with Crippen LogP contribution in [0, 0.1) is 0 Å². The van der Waals surface area contributed by atoms with E-state index in [2.05, 4.69) is 40.3 Å². The van der Waals surface area contributed by atoms with E-state index in [4.69, 9.17) is 0 Å². The van der Waals surface area contributed by atoms with Crippen LogP contribution in [0.1, 0.15) is 18.5 Å². The monoisotopic (exact) mass is 287 g/mol. The average molecular weight is 288 g/mol. The summed E-state index contributed by atoms with van der Waals surface area (Å²) in [5.41, 5.74) is 1.22. The molecule has 0 aliphatic carbocycles. The lowest BCUT2D eigenvalue weighted by molar-refractivity contribution is 0.489. The van der Waals surface area contributed by atoms with Gasteiger partial charge in [0, 0.05) is 38.9 Å². The predicted octanol–water partition coefficient (Wildman–Crippen LogP) is 2.23. The number of hydrogen-bond acceptors (Lipinski definition) is 2. The Labute approximate surface area is 101 Å². The number of hydrogen-bond donors (Lipinski definition) is 1. The molecule has 2 nitrogen and oxygen atoms in total. The first-order chi connectivity index (χ1) is 7.15. The summed E-state index contributed by atoms with van der Waals surface area (Å²) in [5, 5.41) is 3.47. The molecule has 1 N–H and O–H groups in total. The molecule has 1 fully saturated rings. The van der Waals surface area contributed by atoms with Gasteiger partial charge in [0.2, 0.25) is 0 Å². The highest BCUT2D eigenvalue weighted by Crippen LogP contribution is 2.21. The van der Waals surface area contributed by atoms with Crippen molar-refractivity contribution in [2.24, 2.45) is 0 Å². The second-order valence-corrected chi connectivity index (χ2v) is 6.41. The highest BCUT2D eigenvalue weighted by molar-refractivity contribution is 9.10. The van der Waals surface area contributed by atoms with Crippen LogP contribution >= 0.6 is 15.9 Å². The van der Waals surface area contributed by atoms with E-state index in [0.717, 1.165) is 16.0 Å². The lowest BCUT2D eigenvalue weighted by atomic mass is 10.1. The van der Waals surface area contributed by atoms with Gasteiger partial charge in [-0.1, -0.05) is 28.1 Å². The van der Waals surface area contributed by atoms with Crippen molar-refractivity contribution in [3.8, 4) is 0 Å². The molecule has 0 spiro atoms. The normalized spacial score (nSPS) is 31.5. The van der Waals surface area contributed by atoms with Gasteiger partial charge in [0.25, 0.3) is 0 Å². The van der Waals surface area contributed by atoms with Crippen LogP contribution in [0.3, 0.4) is 0 Å². The number of benzene rings is 1. The number of rotatable bonds is 1. The maximum atomic E-state index is 11.6. The van der Waals surface area contributed by atoms with E-state index in [9.17, 15) is 4.21 Å². The lowest BCUT2D eigenvalue weighted by Gasteiger charge is -2.28. The van der Waals surface area contributed by atoms with Crippen LogP contribution in [0.2, 0.25) is 0 Å². The van der Waals surface area contributed by atoms with Crippen LogP contribution in [0.25, 0.3) is 0 Å². The molecule has 3 atom stereocenters. The van der Waals surface area contributed by atoms with Crippen molar-refractivity contribution in [2.75, 3.05) is 11.5 Å². The molecular formula is C11H14BrNOS. The van der Waals surface area contributed by atoms with Gasteiger partial charge in [-0.15, -0.1) is 0 Å². The van der Waals surface area contributed by atoms with Gasteiger partial charge >= 0.3 is 0 Å². The Balaban J connectivity index is 2.16. The topological polar surface area (TPSA) is 29.1 Å². The molecular weight excluding hydrogens is 274 g/mol. The largest absolute Gasteiger partial charge is 0.306 e. The van der Waals surface area contributed by atoms with Crippen molar-refractivity contribution in [3.63, 3.8) is 0 Å². The molecule has 3 unspecified atom stereocenters. The first-order valence-corrected chi connectivity index (χ1v) is 7.30. The van der Waals surface area contributed by atoms with Crippen molar-refractivity contribution in [1.82, 2.24) is 5.32 Å². The van der Waals surface area contributed by atoms with Gasteiger partial charge < -0.3 is 5.32 Å². The predicted molar refractivity (Wildman–Crippen MR) is 67.4 cm³/mol. The molecule has 82 valence electrons. The van der Waals surface area contributed by atoms with Gasteiger partial charge in [0.15, 0.2) is 0 Å². The molecule has 1 heterocycles. The van der Waals surface area contributed by atoms with Crippen LogP contribution in [-0.2, 0) is 10.8 Å². The molecule has 4 heteroatoms. The van der Waals surface area contributed by atoms with Crippen molar-refractivity contribution < 1.29 is 4.21 Å². The van der Waals surface area contributed by atoms with Gasteiger partial charge in [0.05, 0.1) is 0 Å². The Hall–Kier alpha value is -0.190. The molecule has 15 heavy (non-hydrogen) atoms. The van der Waals surface area contributed by atoms with Gasteiger partial charge in [-0.25, -0.2) is 0 Å². The fourth-order valence-electron chi connectivity index (χ4n) is 1.86. The van der Waals surface area contributed by atoms with Crippen molar-refractivity contribution in [3.05, 3.63) is 34.3 Å². The van der Waals surface area contributed by atoms with Crippen LogP contribution in [0.4, 0.5) is 0 Å². The first-order valence-electron chi connectivity index (χ1n) is 5.01. The zero-order valence-electron chi connectivity index (χ0n) is 8.57. The highest BCUT2D eigenvalue weighted by atomic mass is 79.9. The van der Waals surface area contributed by atoms with E-state index in [1.807, 2.05) is 12.1 Å². The average Bonchev–Trinajstić information content (AvgIpc) is 2.17. The molecule has 1 aromatic carbocycles. The maximum absolute atomic E-state index is 11.6. The minimum Gasteiger partial charge on any atom is -0.306 e. The minimum atomic E-state index is -0.680. The van der Waals surface area contributed by atoms with E-state index >= 15 is 0 Å². The summed E-state index contributed by atoms with van der Waals surface area (Å²) in [6.45, 7) is 2.09. The molecule has 0 saturated carbocycles. The zero-order valence-corrected chi connectivity index (χ0v) is 11.0. The molecule has 0 aromatic heterocycles. The summed E-state index contributed by atoms with van der Waals surface area (Å²) in [6.07, 6.45) is 0. The van der Waals surface area contributed by atoms with Crippen LogP contribution in [-0.4, -0.2) is 21.8 Å². The molecule has 1 aliphatic rings. The summed E-state index contributed by atoms with van der Waals surface area (Å²) >= 11 is 3.41. The summed E-state index contributed by atoms with van der Waals surface area (Å²) in [7, 11) is -0.680. The highest BCUT2D eigenvalue weighted by Gasteiger charge is 2.23. The molecule has 0 amide bonds. The smallest absolute Gasteiger partial charge is 0.0439 e. The van der Waals surface area contributed by atoms with E-state index in [1.165, 1.54) is 5.56 Å². The third kappa shape index (κ3) is 2.89. The first kappa shape index (κ1) is 11.3. The summed E-state index contributed by atoms with van der Waals surface area (Å²) in [4.78, 5) is 0. The Bertz CT molecular complexity index is 365. The molecule has 0 bridgehead atoms. The summed E-state index contributed by atoms with van der Waals surface area (Å²) in [6, 6.07) is 8.79. The molecule has 2 rings (SSSR count).